The summed E-state index contributed by atoms with van der Waals surface area (Å²) in [5.41, 5.74) is 6.67. The fourth-order valence-electron chi connectivity index (χ4n) is 1.53. The Morgan fingerprint density at radius 1 is 1.24 bits per heavy atom. The Morgan fingerprint density at radius 2 is 1.82 bits per heavy atom. The Kier molecular flexibility index (Phi) is 4.44. The summed E-state index contributed by atoms with van der Waals surface area (Å²) in [5.74, 6) is 1.43. The Balaban J connectivity index is 3.25. The second-order valence-electron chi connectivity index (χ2n) is 4.87. The van der Waals surface area contributed by atoms with E-state index in [2.05, 4.69) is 15.9 Å². The van der Waals surface area contributed by atoms with Crippen LogP contribution in [0.1, 0.15) is 33.3 Å². The Bertz CT molecular complexity index is 397. The molecule has 0 unspecified atom stereocenters. The molecule has 0 saturated heterocycles. The molecule has 0 spiro atoms. The van der Waals surface area contributed by atoms with Gasteiger partial charge in [-0.2, -0.15) is 0 Å². The van der Waals surface area contributed by atoms with E-state index in [1.54, 1.807) is 7.11 Å². The molecular weight excluding hydrogens is 282 g/mol. The number of ether oxygens (including phenoxy) is 2. The van der Waals surface area contributed by atoms with Crippen molar-refractivity contribution >= 4 is 15.9 Å². The fraction of sp³-hybridized carbons (Fsp3) is 0.538. The van der Waals surface area contributed by atoms with Gasteiger partial charge in [-0.05, 0) is 45.4 Å². The van der Waals surface area contributed by atoms with Crippen LogP contribution in [0.5, 0.6) is 11.5 Å². The molecule has 0 radical (unpaired) electrons. The normalized spacial score (nSPS) is 11.8. The highest BCUT2D eigenvalue weighted by atomic mass is 79.9. The van der Waals surface area contributed by atoms with Gasteiger partial charge in [0.2, 0.25) is 0 Å². The fourth-order valence-corrected chi connectivity index (χ4v) is 2.37. The average molecular weight is 302 g/mol. The first kappa shape index (κ1) is 14.3. The van der Waals surface area contributed by atoms with Crippen molar-refractivity contribution in [3.05, 3.63) is 22.2 Å². The second kappa shape index (κ2) is 5.27. The maximum absolute atomic E-state index is 6.11. The number of hydrogen-bond donors (Lipinski definition) is 1. The Hall–Kier alpha value is -0.740. The van der Waals surface area contributed by atoms with Crippen LogP contribution in [0.25, 0.3) is 0 Å². The third kappa shape index (κ3) is 3.61. The van der Waals surface area contributed by atoms with Gasteiger partial charge in [0.1, 0.15) is 0 Å². The summed E-state index contributed by atoms with van der Waals surface area (Å²) >= 11 is 3.52. The largest absolute Gasteiger partial charge is 0.493 e. The third-order valence-electron chi connectivity index (χ3n) is 2.31. The number of rotatable bonds is 4. The van der Waals surface area contributed by atoms with Crippen LogP contribution in [-0.2, 0) is 5.54 Å². The molecule has 0 atom stereocenters. The molecule has 0 aromatic heterocycles. The SMILES string of the molecule is COc1cc(C(C)(C)N)c(Br)cc1OC(C)C. The summed E-state index contributed by atoms with van der Waals surface area (Å²) in [6.07, 6.45) is 0.104. The third-order valence-corrected chi connectivity index (χ3v) is 2.97. The van der Waals surface area contributed by atoms with E-state index in [9.17, 15) is 0 Å². The number of halogens is 1. The molecule has 96 valence electrons. The first-order valence-corrected chi connectivity index (χ1v) is 6.38. The maximum atomic E-state index is 6.11. The van der Waals surface area contributed by atoms with E-state index in [4.69, 9.17) is 15.2 Å². The molecule has 0 fully saturated rings. The molecule has 1 rings (SSSR count). The molecule has 0 saturated carbocycles. The van der Waals surface area contributed by atoms with Crippen molar-refractivity contribution < 1.29 is 9.47 Å². The molecule has 0 amide bonds. The van der Waals surface area contributed by atoms with E-state index in [0.29, 0.717) is 5.75 Å². The van der Waals surface area contributed by atoms with Gasteiger partial charge in [-0.25, -0.2) is 0 Å². The van der Waals surface area contributed by atoms with Gasteiger partial charge in [0, 0.05) is 10.0 Å². The second-order valence-corrected chi connectivity index (χ2v) is 5.73. The predicted molar refractivity (Wildman–Crippen MR) is 73.7 cm³/mol. The summed E-state index contributed by atoms with van der Waals surface area (Å²) in [5, 5.41) is 0. The van der Waals surface area contributed by atoms with Gasteiger partial charge in [0.25, 0.3) is 0 Å². The van der Waals surface area contributed by atoms with E-state index < -0.39 is 5.54 Å². The van der Waals surface area contributed by atoms with Crippen molar-refractivity contribution in [2.24, 2.45) is 5.73 Å². The average Bonchev–Trinajstić information content (AvgIpc) is 2.14. The lowest BCUT2D eigenvalue weighted by Crippen LogP contribution is -2.29. The summed E-state index contributed by atoms with van der Waals surface area (Å²) in [6, 6.07) is 3.82. The molecule has 0 heterocycles. The maximum Gasteiger partial charge on any atom is 0.162 e. The zero-order valence-electron chi connectivity index (χ0n) is 11.0. The highest BCUT2D eigenvalue weighted by molar-refractivity contribution is 9.10. The van der Waals surface area contributed by atoms with Crippen LogP contribution in [0, 0.1) is 0 Å². The van der Waals surface area contributed by atoms with Crippen LogP contribution in [0.2, 0.25) is 0 Å². The smallest absolute Gasteiger partial charge is 0.162 e. The minimum Gasteiger partial charge on any atom is -0.493 e. The first-order chi connectivity index (χ1) is 7.75. The van der Waals surface area contributed by atoms with Crippen LogP contribution < -0.4 is 15.2 Å². The van der Waals surface area contributed by atoms with Gasteiger partial charge in [-0.3, -0.25) is 0 Å². The molecule has 0 aliphatic carbocycles. The van der Waals surface area contributed by atoms with Crippen LogP contribution >= 0.6 is 15.9 Å². The van der Waals surface area contributed by atoms with Gasteiger partial charge >= 0.3 is 0 Å². The van der Waals surface area contributed by atoms with Crippen molar-refractivity contribution in [1.29, 1.82) is 0 Å². The molecule has 2 N–H and O–H groups in total. The first-order valence-electron chi connectivity index (χ1n) is 5.59. The Morgan fingerprint density at radius 3 is 2.24 bits per heavy atom. The predicted octanol–water partition coefficient (Wildman–Crippen LogP) is 3.44. The number of nitrogens with two attached hydrogens (primary N) is 1. The van der Waals surface area contributed by atoms with Crippen molar-refractivity contribution in [2.75, 3.05) is 7.11 Å². The molecule has 1 aromatic rings. The van der Waals surface area contributed by atoms with Crippen molar-refractivity contribution in [3.8, 4) is 11.5 Å². The summed E-state index contributed by atoms with van der Waals surface area (Å²) < 4.78 is 12.0. The highest BCUT2D eigenvalue weighted by Crippen LogP contribution is 2.37. The van der Waals surface area contributed by atoms with Gasteiger partial charge < -0.3 is 15.2 Å². The molecular formula is C13H20BrNO2. The van der Waals surface area contributed by atoms with Gasteiger partial charge in [0.15, 0.2) is 11.5 Å². The molecule has 4 heteroatoms. The van der Waals surface area contributed by atoms with Crippen molar-refractivity contribution in [1.82, 2.24) is 0 Å². The number of methoxy groups -OCH3 is 1. The lowest BCUT2D eigenvalue weighted by molar-refractivity contribution is 0.229. The lowest BCUT2D eigenvalue weighted by Gasteiger charge is -2.23. The van der Waals surface area contributed by atoms with E-state index in [1.807, 2.05) is 39.8 Å². The Labute approximate surface area is 111 Å². The van der Waals surface area contributed by atoms with E-state index >= 15 is 0 Å². The quantitative estimate of drug-likeness (QED) is 0.926. The zero-order valence-corrected chi connectivity index (χ0v) is 12.6. The van der Waals surface area contributed by atoms with Crippen LogP contribution in [-0.4, -0.2) is 13.2 Å². The summed E-state index contributed by atoms with van der Waals surface area (Å²) in [4.78, 5) is 0. The molecule has 0 aliphatic heterocycles. The van der Waals surface area contributed by atoms with Crippen molar-refractivity contribution in [3.63, 3.8) is 0 Å². The van der Waals surface area contributed by atoms with Crippen LogP contribution in [0.3, 0.4) is 0 Å². The van der Waals surface area contributed by atoms with Crippen LogP contribution in [0.15, 0.2) is 16.6 Å². The van der Waals surface area contributed by atoms with E-state index in [0.717, 1.165) is 15.8 Å². The van der Waals surface area contributed by atoms with E-state index in [-0.39, 0.29) is 6.10 Å². The zero-order chi connectivity index (χ0) is 13.2. The molecule has 1 aromatic carbocycles. The van der Waals surface area contributed by atoms with Crippen molar-refractivity contribution in [2.45, 2.75) is 39.3 Å². The standard InChI is InChI=1S/C13H20BrNO2/c1-8(2)17-12-7-10(14)9(13(3,4)15)6-11(12)16-5/h6-8H,15H2,1-5H3. The molecule has 0 aliphatic rings. The van der Waals surface area contributed by atoms with Crippen LogP contribution in [0.4, 0.5) is 0 Å². The minimum absolute atomic E-state index is 0.104. The number of hydrogen-bond acceptors (Lipinski definition) is 3. The molecule has 0 bridgehead atoms. The number of benzene rings is 1. The summed E-state index contributed by atoms with van der Waals surface area (Å²) in [7, 11) is 1.63. The minimum atomic E-state index is -0.428. The van der Waals surface area contributed by atoms with Gasteiger partial charge in [0.05, 0.1) is 13.2 Å². The molecule has 17 heavy (non-hydrogen) atoms. The van der Waals surface area contributed by atoms with Gasteiger partial charge in [-0.15, -0.1) is 0 Å². The lowest BCUT2D eigenvalue weighted by atomic mass is 9.95. The van der Waals surface area contributed by atoms with Gasteiger partial charge in [-0.1, -0.05) is 15.9 Å². The summed E-state index contributed by atoms with van der Waals surface area (Å²) in [6.45, 7) is 7.87. The topological polar surface area (TPSA) is 44.5 Å². The monoisotopic (exact) mass is 301 g/mol. The highest BCUT2D eigenvalue weighted by Gasteiger charge is 2.21. The molecule has 3 nitrogen and oxygen atoms in total. The van der Waals surface area contributed by atoms with E-state index in [1.165, 1.54) is 0 Å².